The Bertz CT molecular complexity index is 489. The van der Waals surface area contributed by atoms with Gasteiger partial charge in [-0.1, -0.05) is 0 Å². The van der Waals surface area contributed by atoms with Crippen molar-refractivity contribution in [3.63, 3.8) is 0 Å². The number of rotatable bonds is 2. The number of nitrogens with one attached hydrogen (secondary N) is 1. The van der Waals surface area contributed by atoms with Crippen LogP contribution in [0, 0.1) is 6.92 Å². The zero-order valence-corrected chi connectivity index (χ0v) is 12.6. The van der Waals surface area contributed by atoms with Crippen molar-refractivity contribution in [3.8, 4) is 0 Å². The van der Waals surface area contributed by atoms with Gasteiger partial charge < -0.3 is 10.1 Å². The third-order valence-corrected chi connectivity index (χ3v) is 4.28. The van der Waals surface area contributed by atoms with Gasteiger partial charge in [-0.2, -0.15) is 0 Å². The molecule has 2 aliphatic heterocycles. The largest absolute Gasteiger partial charge is 0.368 e. The maximum Gasteiger partial charge on any atom is 0.158 e. The van der Waals surface area contributed by atoms with E-state index in [2.05, 4.69) is 31.0 Å². The fourth-order valence-electron chi connectivity index (χ4n) is 3.01. The second-order valence-electron chi connectivity index (χ2n) is 5.97. The molecule has 0 saturated carbocycles. The zero-order valence-electron chi connectivity index (χ0n) is 12.6. The van der Waals surface area contributed by atoms with Gasteiger partial charge in [0.2, 0.25) is 0 Å². The molecule has 20 heavy (non-hydrogen) atoms. The third-order valence-electron chi connectivity index (χ3n) is 4.28. The maximum absolute atomic E-state index is 5.90. The van der Waals surface area contributed by atoms with Crippen LogP contribution >= 0.6 is 0 Å². The Hall–Kier alpha value is -1.04. The summed E-state index contributed by atoms with van der Waals surface area (Å²) in [5, 5.41) is 3.38. The second kappa shape index (κ2) is 5.76. The van der Waals surface area contributed by atoms with E-state index in [1.807, 2.05) is 0 Å². The van der Waals surface area contributed by atoms with Gasteiger partial charge in [0.15, 0.2) is 5.82 Å². The number of aromatic nitrogens is 2. The molecule has 1 N–H and O–H groups in total. The summed E-state index contributed by atoms with van der Waals surface area (Å²) >= 11 is 0. The van der Waals surface area contributed by atoms with E-state index in [1.165, 1.54) is 5.56 Å². The van der Waals surface area contributed by atoms with Gasteiger partial charge in [-0.25, -0.2) is 9.97 Å². The number of ether oxygens (including phenoxy) is 1. The lowest BCUT2D eigenvalue weighted by Crippen LogP contribution is -2.43. The van der Waals surface area contributed by atoms with Crippen LogP contribution in [0.3, 0.4) is 0 Å². The van der Waals surface area contributed by atoms with E-state index >= 15 is 0 Å². The highest BCUT2D eigenvalue weighted by atomic mass is 16.5. The molecule has 1 fully saturated rings. The molecule has 0 radical (unpaired) electrons. The molecule has 5 nitrogen and oxygen atoms in total. The number of hydrogen-bond acceptors (Lipinski definition) is 5. The van der Waals surface area contributed by atoms with E-state index in [1.54, 1.807) is 0 Å². The third kappa shape index (κ3) is 2.71. The molecule has 1 atom stereocenters. The minimum atomic E-state index is 0.0112. The van der Waals surface area contributed by atoms with Crippen LogP contribution in [-0.2, 0) is 17.7 Å². The highest BCUT2D eigenvalue weighted by molar-refractivity contribution is 5.28. The summed E-state index contributed by atoms with van der Waals surface area (Å²) in [6.45, 7) is 11.1. The van der Waals surface area contributed by atoms with E-state index in [0.717, 1.165) is 56.4 Å². The van der Waals surface area contributed by atoms with Crippen LogP contribution in [0.4, 0.5) is 0 Å². The smallest absolute Gasteiger partial charge is 0.158 e. The normalized spacial score (nSPS) is 23.9. The standard InChI is InChI=1S/C15H24N4O/c1-10(2)19-6-7-20-14(9-19)15-17-11(3)12-4-5-16-8-13(12)18-15/h10,14,16H,4-9H2,1-3H3. The molecule has 1 aromatic heterocycles. The molecule has 0 aromatic carbocycles. The maximum atomic E-state index is 5.90. The summed E-state index contributed by atoms with van der Waals surface area (Å²) in [6, 6.07) is 0.543. The Kier molecular flexibility index (Phi) is 4.01. The van der Waals surface area contributed by atoms with Gasteiger partial charge in [0.1, 0.15) is 6.10 Å². The lowest BCUT2D eigenvalue weighted by molar-refractivity contribution is -0.0444. The van der Waals surface area contributed by atoms with Crippen molar-refractivity contribution in [2.75, 3.05) is 26.2 Å². The van der Waals surface area contributed by atoms with Crippen molar-refractivity contribution < 1.29 is 4.74 Å². The summed E-state index contributed by atoms with van der Waals surface area (Å²) < 4.78 is 5.90. The predicted octanol–water partition coefficient (Wildman–Crippen LogP) is 1.21. The molecule has 0 bridgehead atoms. The number of aryl methyl sites for hydroxylation is 1. The molecule has 5 heteroatoms. The quantitative estimate of drug-likeness (QED) is 0.880. The van der Waals surface area contributed by atoms with Crippen molar-refractivity contribution in [3.05, 3.63) is 22.8 Å². The van der Waals surface area contributed by atoms with E-state index in [9.17, 15) is 0 Å². The lowest BCUT2D eigenvalue weighted by atomic mass is 10.0. The van der Waals surface area contributed by atoms with E-state index in [0.29, 0.717) is 6.04 Å². The second-order valence-corrected chi connectivity index (χ2v) is 5.97. The molecule has 1 aromatic rings. The average molecular weight is 276 g/mol. The first-order valence-corrected chi connectivity index (χ1v) is 7.58. The molecule has 0 spiro atoms. The molecule has 1 unspecified atom stereocenters. The minimum Gasteiger partial charge on any atom is -0.368 e. The van der Waals surface area contributed by atoms with Crippen molar-refractivity contribution in [1.82, 2.24) is 20.2 Å². The Balaban J connectivity index is 1.84. The number of nitrogens with zero attached hydrogens (tertiary/aromatic N) is 3. The van der Waals surface area contributed by atoms with Crippen LogP contribution in [0.25, 0.3) is 0 Å². The first kappa shape index (κ1) is 13.9. The Morgan fingerprint density at radius 1 is 1.35 bits per heavy atom. The molecule has 110 valence electrons. The van der Waals surface area contributed by atoms with Crippen molar-refractivity contribution in [2.45, 2.75) is 45.9 Å². The molecule has 2 aliphatic rings. The molecule has 0 amide bonds. The highest BCUT2D eigenvalue weighted by Gasteiger charge is 2.27. The molecule has 3 rings (SSSR count). The van der Waals surface area contributed by atoms with Crippen molar-refractivity contribution in [2.24, 2.45) is 0 Å². The van der Waals surface area contributed by atoms with Crippen LogP contribution in [0.15, 0.2) is 0 Å². The number of morpholine rings is 1. The monoisotopic (exact) mass is 276 g/mol. The summed E-state index contributed by atoms with van der Waals surface area (Å²) in [5.74, 6) is 0.857. The highest BCUT2D eigenvalue weighted by Crippen LogP contribution is 2.23. The summed E-state index contributed by atoms with van der Waals surface area (Å²) in [4.78, 5) is 11.9. The molecular formula is C15H24N4O. The zero-order chi connectivity index (χ0) is 14.1. The minimum absolute atomic E-state index is 0.0112. The molecular weight excluding hydrogens is 252 g/mol. The number of hydrogen-bond donors (Lipinski definition) is 1. The molecule has 1 saturated heterocycles. The van der Waals surface area contributed by atoms with Crippen LogP contribution in [0.5, 0.6) is 0 Å². The topological polar surface area (TPSA) is 50.3 Å². The predicted molar refractivity (Wildman–Crippen MR) is 77.6 cm³/mol. The first-order valence-electron chi connectivity index (χ1n) is 7.58. The van der Waals surface area contributed by atoms with Crippen molar-refractivity contribution in [1.29, 1.82) is 0 Å². The lowest BCUT2D eigenvalue weighted by Gasteiger charge is -2.35. The van der Waals surface area contributed by atoms with Gasteiger partial charge in [0.25, 0.3) is 0 Å². The van der Waals surface area contributed by atoms with Crippen LogP contribution in [0.2, 0.25) is 0 Å². The van der Waals surface area contributed by atoms with Crippen LogP contribution in [-0.4, -0.2) is 47.2 Å². The van der Waals surface area contributed by atoms with E-state index in [4.69, 9.17) is 14.7 Å². The SMILES string of the molecule is Cc1nc(C2CN(C(C)C)CCO2)nc2c1CCNC2. The Morgan fingerprint density at radius 3 is 3.00 bits per heavy atom. The van der Waals surface area contributed by atoms with Gasteiger partial charge in [-0.15, -0.1) is 0 Å². The fourth-order valence-corrected chi connectivity index (χ4v) is 3.01. The van der Waals surface area contributed by atoms with Gasteiger partial charge in [-0.05, 0) is 39.3 Å². The average Bonchev–Trinajstić information content (AvgIpc) is 2.47. The Morgan fingerprint density at radius 2 is 2.20 bits per heavy atom. The van der Waals surface area contributed by atoms with Gasteiger partial charge >= 0.3 is 0 Å². The van der Waals surface area contributed by atoms with Crippen LogP contribution < -0.4 is 5.32 Å². The van der Waals surface area contributed by atoms with E-state index in [-0.39, 0.29) is 6.10 Å². The molecule has 0 aliphatic carbocycles. The fraction of sp³-hybridized carbons (Fsp3) is 0.733. The van der Waals surface area contributed by atoms with Crippen molar-refractivity contribution >= 4 is 0 Å². The van der Waals surface area contributed by atoms with Gasteiger partial charge in [-0.3, -0.25) is 4.90 Å². The van der Waals surface area contributed by atoms with E-state index < -0.39 is 0 Å². The number of fused-ring (bicyclic) bond motifs is 1. The summed E-state index contributed by atoms with van der Waals surface area (Å²) in [5.41, 5.74) is 3.60. The Labute approximate surface area is 120 Å². The first-order chi connectivity index (χ1) is 9.65. The van der Waals surface area contributed by atoms with Gasteiger partial charge in [0.05, 0.1) is 12.3 Å². The van der Waals surface area contributed by atoms with Crippen LogP contribution in [0.1, 0.15) is 42.7 Å². The molecule has 3 heterocycles. The summed E-state index contributed by atoms with van der Waals surface area (Å²) in [7, 11) is 0. The van der Waals surface area contributed by atoms with Gasteiger partial charge in [0, 0.05) is 31.4 Å². The summed E-state index contributed by atoms with van der Waals surface area (Å²) in [6.07, 6.45) is 1.04.